The lowest BCUT2D eigenvalue weighted by atomic mass is 10.2. The van der Waals surface area contributed by atoms with E-state index in [-0.39, 0.29) is 30.3 Å². The minimum atomic E-state index is -0.744. The molecule has 0 aliphatic rings. The fourth-order valence-corrected chi connectivity index (χ4v) is 2.57. The number of hydrogen-bond acceptors (Lipinski definition) is 7. The molecule has 0 spiro atoms. The van der Waals surface area contributed by atoms with Gasteiger partial charge in [0.1, 0.15) is 6.61 Å². The summed E-state index contributed by atoms with van der Waals surface area (Å²) in [4.78, 5) is 35.2. The molecule has 2 aromatic carbocycles. The predicted octanol–water partition coefficient (Wildman–Crippen LogP) is 2.90. The number of nitrogens with zero attached hydrogens (tertiary/aromatic N) is 3. The number of non-ortho nitro benzene ring substituents is 1. The quantitative estimate of drug-likeness (QED) is 0.343. The summed E-state index contributed by atoms with van der Waals surface area (Å²) in [7, 11) is 0. The molecule has 0 radical (unpaired) electrons. The van der Waals surface area contributed by atoms with Gasteiger partial charge in [-0.05, 0) is 24.6 Å². The second-order valence-electron chi connectivity index (χ2n) is 5.88. The van der Waals surface area contributed by atoms with E-state index < -0.39 is 16.5 Å². The lowest BCUT2D eigenvalue weighted by Crippen LogP contribution is -2.25. The molecule has 0 saturated heterocycles. The van der Waals surface area contributed by atoms with Gasteiger partial charge in [0, 0.05) is 12.1 Å². The van der Waals surface area contributed by atoms with Gasteiger partial charge >= 0.3 is 5.97 Å². The lowest BCUT2D eigenvalue weighted by molar-refractivity contribution is -0.384. The van der Waals surface area contributed by atoms with E-state index in [0.717, 1.165) is 10.7 Å². The number of esters is 1. The smallest absolute Gasteiger partial charge is 0.362 e. The molecule has 0 unspecified atom stereocenters. The third kappa shape index (κ3) is 4.64. The van der Waals surface area contributed by atoms with Crippen LogP contribution in [0.2, 0.25) is 0 Å². The van der Waals surface area contributed by atoms with Crippen molar-refractivity contribution in [3.8, 4) is 11.4 Å². The molecule has 3 rings (SSSR count). The Labute approximate surface area is 165 Å². The lowest BCUT2D eigenvalue weighted by Gasteiger charge is -2.12. The van der Waals surface area contributed by atoms with Crippen molar-refractivity contribution in [2.45, 2.75) is 13.5 Å². The summed E-state index contributed by atoms with van der Waals surface area (Å²) in [6.45, 7) is 1.68. The molecule has 148 valence electrons. The SMILES string of the molecule is CCOC(=O)c1nn(-c2ccccc2)c(=O)cc1OCc1cccc([N+](=O)[O-])c1. The monoisotopic (exact) mass is 395 g/mol. The number of carbonyl (C=O) groups excluding carboxylic acids is 1. The fraction of sp³-hybridized carbons (Fsp3) is 0.150. The molecule has 0 N–H and O–H groups in total. The van der Waals surface area contributed by atoms with Crippen molar-refractivity contribution in [1.29, 1.82) is 0 Å². The van der Waals surface area contributed by atoms with Gasteiger partial charge in [0.05, 0.1) is 23.3 Å². The summed E-state index contributed by atoms with van der Waals surface area (Å²) < 4.78 is 11.7. The summed E-state index contributed by atoms with van der Waals surface area (Å²) in [6.07, 6.45) is 0. The van der Waals surface area contributed by atoms with Crippen LogP contribution < -0.4 is 10.3 Å². The van der Waals surface area contributed by atoms with Crippen LogP contribution in [0.25, 0.3) is 5.69 Å². The maximum Gasteiger partial charge on any atom is 0.362 e. The number of ether oxygens (including phenoxy) is 2. The highest BCUT2D eigenvalue weighted by Gasteiger charge is 2.20. The Balaban J connectivity index is 1.96. The summed E-state index contributed by atoms with van der Waals surface area (Å²) in [5.74, 6) is -0.807. The van der Waals surface area contributed by atoms with E-state index in [1.54, 1.807) is 43.3 Å². The van der Waals surface area contributed by atoms with Crippen LogP contribution in [0.5, 0.6) is 5.75 Å². The topological polar surface area (TPSA) is 114 Å². The second-order valence-corrected chi connectivity index (χ2v) is 5.88. The van der Waals surface area contributed by atoms with Gasteiger partial charge in [0.25, 0.3) is 11.2 Å². The van der Waals surface area contributed by atoms with Gasteiger partial charge in [-0.25, -0.2) is 4.79 Å². The number of carbonyl (C=O) groups is 1. The van der Waals surface area contributed by atoms with Gasteiger partial charge in [0.15, 0.2) is 5.75 Å². The Morgan fingerprint density at radius 3 is 2.59 bits per heavy atom. The standard InChI is InChI=1S/C20H17N3O6/c1-2-28-20(25)19-17(29-13-14-7-6-10-16(11-14)23(26)27)12-18(24)22(21-19)15-8-4-3-5-9-15/h3-12H,2,13H2,1H3. The van der Waals surface area contributed by atoms with Gasteiger partial charge in [0.2, 0.25) is 5.69 Å². The third-order valence-electron chi connectivity index (χ3n) is 3.88. The van der Waals surface area contributed by atoms with Crippen LogP contribution in [0.1, 0.15) is 23.0 Å². The highest BCUT2D eigenvalue weighted by molar-refractivity contribution is 5.90. The molecule has 1 heterocycles. The maximum absolute atomic E-state index is 12.5. The Morgan fingerprint density at radius 1 is 1.14 bits per heavy atom. The zero-order chi connectivity index (χ0) is 20.8. The molecule has 0 aliphatic carbocycles. The Morgan fingerprint density at radius 2 is 1.90 bits per heavy atom. The number of rotatable bonds is 7. The number of nitro groups is 1. The van der Waals surface area contributed by atoms with Crippen molar-refractivity contribution < 1.29 is 19.2 Å². The summed E-state index contributed by atoms with van der Waals surface area (Å²) in [6, 6.07) is 15.6. The maximum atomic E-state index is 12.5. The highest BCUT2D eigenvalue weighted by atomic mass is 16.6. The van der Waals surface area contributed by atoms with E-state index in [4.69, 9.17) is 9.47 Å². The number of hydrogen-bond donors (Lipinski definition) is 0. The minimum absolute atomic E-state index is 0.0628. The van der Waals surface area contributed by atoms with Crippen LogP contribution in [0.15, 0.2) is 65.5 Å². The zero-order valence-corrected chi connectivity index (χ0v) is 15.5. The molecule has 29 heavy (non-hydrogen) atoms. The molecule has 0 amide bonds. The van der Waals surface area contributed by atoms with Crippen LogP contribution in [-0.4, -0.2) is 27.3 Å². The third-order valence-corrected chi connectivity index (χ3v) is 3.88. The minimum Gasteiger partial charge on any atom is -0.486 e. The Bertz CT molecular complexity index is 1090. The fourth-order valence-electron chi connectivity index (χ4n) is 2.57. The van der Waals surface area contributed by atoms with Gasteiger partial charge in [-0.15, -0.1) is 0 Å². The first-order valence-corrected chi connectivity index (χ1v) is 8.72. The molecule has 3 aromatic rings. The molecule has 0 atom stereocenters. The van der Waals surface area contributed by atoms with Crippen molar-refractivity contribution in [3.05, 3.63) is 92.4 Å². The van der Waals surface area contributed by atoms with Crippen molar-refractivity contribution in [2.75, 3.05) is 6.61 Å². The van der Waals surface area contributed by atoms with E-state index in [2.05, 4.69) is 5.10 Å². The Hall–Kier alpha value is -4.01. The number of benzene rings is 2. The number of para-hydroxylation sites is 1. The summed E-state index contributed by atoms with van der Waals surface area (Å²) in [5.41, 5.74) is 0.225. The van der Waals surface area contributed by atoms with Crippen LogP contribution >= 0.6 is 0 Å². The van der Waals surface area contributed by atoms with Gasteiger partial charge < -0.3 is 9.47 Å². The van der Waals surface area contributed by atoms with E-state index in [9.17, 15) is 19.7 Å². The largest absolute Gasteiger partial charge is 0.486 e. The van der Waals surface area contributed by atoms with Gasteiger partial charge in [-0.2, -0.15) is 9.78 Å². The molecule has 9 nitrogen and oxygen atoms in total. The van der Waals surface area contributed by atoms with Crippen LogP contribution in [-0.2, 0) is 11.3 Å². The number of nitro benzene ring substituents is 1. The van der Waals surface area contributed by atoms with Crippen molar-refractivity contribution in [1.82, 2.24) is 9.78 Å². The highest BCUT2D eigenvalue weighted by Crippen LogP contribution is 2.19. The van der Waals surface area contributed by atoms with Gasteiger partial charge in [-0.3, -0.25) is 14.9 Å². The van der Waals surface area contributed by atoms with Crippen LogP contribution in [0.3, 0.4) is 0 Å². The molecule has 0 saturated carbocycles. The summed E-state index contributed by atoms with van der Waals surface area (Å²) in [5, 5.41) is 15.0. The molecule has 9 heteroatoms. The van der Waals surface area contributed by atoms with E-state index in [1.165, 1.54) is 18.2 Å². The predicted molar refractivity (Wildman–Crippen MR) is 103 cm³/mol. The van der Waals surface area contributed by atoms with E-state index >= 15 is 0 Å². The first-order chi connectivity index (χ1) is 14.0. The zero-order valence-electron chi connectivity index (χ0n) is 15.5. The van der Waals surface area contributed by atoms with Crippen molar-refractivity contribution in [2.24, 2.45) is 0 Å². The Kier molecular flexibility index (Phi) is 5.98. The average Bonchev–Trinajstić information content (AvgIpc) is 2.73. The number of aromatic nitrogens is 2. The summed E-state index contributed by atoms with van der Waals surface area (Å²) >= 11 is 0. The normalized spacial score (nSPS) is 10.4. The molecular formula is C20H17N3O6. The van der Waals surface area contributed by atoms with Crippen LogP contribution in [0, 0.1) is 10.1 Å². The average molecular weight is 395 g/mol. The molecular weight excluding hydrogens is 378 g/mol. The second kappa shape index (κ2) is 8.79. The van der Waals surface area contributed by atoms with Crippen LogP contribution in [0.4, 0.5) is 5.69 Å². The molecule has 1 aromatic heterocycles. The van der Waals surface area contributed by atoms with Crippen molar-refractivity contribution >= 4 is 11.7 Å². The van der Waals surface area contributed by atoms with E-state index in [0.29, 0.717) is 11.3 Å². The van der Waals surface area contributed by atoms with Crippen molar-refractivity contribution in [3.63, 3.8) is 0 Å². The molecule has 0 bridgehead atoms. The van der Waals surface area contributed by atoms with Gasteiger partial charge in [-0.1, -0.05) is 30.3 Å². The molecule has 0 aliphatic heterocycles. The molecule has 0 fully saturated rings. The first kappa shape index (κ1) is 19.7. The van der Waals surface area contributed by atoms with E-state index in [1.807, 2.05) is 0 Å². The first-order valence-electron chi connectivity index (χ1n) is 8.72.